The molecule has 0 aliphatic carbocycles. The van der Waals surface area contributed by atoms with Gasteiger partial charge in [-0.2, -0.15) is 0 Å². The summed E-state index contributed by atoms with van der Waals surface area (Å²) in [5, 5.41) is 12.2. The normalized spacial score (nSPS) is 15.1. The van der Waals surface area contributed by atoms with Crippen LogP contribution < -0.4 is 26.2 Å². The summed E-state index contributed by atoms with van der Waals surface area (Å²) < 4.78 is 75.5. The predicted octanol–water partition coefficient (Wildman–Crippen LogP) is 12.7. The van der Waals surface area contributed by atoms with E-state index in [1.54, 1.807) is 0 Å². The molecule has 11 aromatic carbocycles. The van der Waals surface area contributed by atoms with Crippen LogP contribution in [0.5, 0.6) is 0 Å². The Morgan fingerprint density at radius 1 is 0.298 bits per heavy atom. The fourth-order valence-electron chi connectivity index (χ4n) is 10.0. The van der Waals surface area contributed by atoms with Crippen molar-refractivity contribution in [2.45, 2.75) is 0 Å². The first-order valence-corrected chi connectivity index (χ1v) is 19.2. The highest BCUT2D eigenvalue weighted by molar-refractivity contribution is 7.00. The van der Waals surface area contributed by atoms with Crippen molar-refractivity contribution in [3.05, 3.63) is 200 Å². The summed E-state index contributed by atoms with van der Waals surface area (Å²) in [6.45, 7) is -0.999. The van der Waals surface area contributed by atoms with E-state index >= 15 is 0 Å². The van der Waals surface area contributed by atoms with Crippen molar-refractivity contribution in [3.8, 4) is 0 Å². The molecule has 0 amide bonds. The zero-order valence-electron chi connectivity index (χ0n) is 38.4. The number of benzene rings is 11. The first kappa shape index (κ1) is 24.2. The Hall–Kier alpha value is -7.36. The minimum absolute atomic E-state index is 0.239. The first-order valence-electron chi connectivity index (χ1n) is 23.2. The van der Waals surface area contributed by atoms with E-state index < -0.39 is 30.9 Å². The van der Waals surface area contributed by atoms with Crippen LogP contribution in [0.15, 0.2) is 200 Å². The average Bonchev–Trinajstić information content (AvgIpc) is 3.35. The molecule has 0 saturated heterocycles. The molecule has 0 unspecified atom stereocenters. The zero-order chi connectivity index (χ0) is 44.2. The van der Waals surface area contributed by atoms with Gasteiger partial charge < -0.3 is 9.80 Å². The quantitative estimate of drug-likeness (QED) is 0.129. The van der Waals surface area contributed by atoms with Crippen LogP contribution in [-0.4, -0.2) is 6.71 Å². The second kappa shape index (κ2) is 11.6. The first-order chi connectivity index (χ1) is 31.7. The van der Waals surface area contributed by atoms with Crippen LogP contribution >= 0.6 is 0 Å². The van der Waals surface area contributed by atoms with Crippen molar-refractivity contribution in [3.63, 3.8) is 0 Å². The van der Waals surface area contributed by atoms with E-state index in [9.17, 15) is 5.48 Å². The molecule has 2 nitrogen and oxygen atoms in total. The second-order valence-electron chi connectivity index (χ2n) is 14.9. The van der Waals surface area contributed by atoms with Crippen molar-refractivity contribution in [2.24, 2.45) is 0 Å². The van der Waals surface area contributed by atoms with Crippen molar-refractivity contribution in [1.29, 1.82) is 0 Å². The van der Waals surface area contributed by atoms with Crippen molar-refractivity contribution >= 4 is 122 Å². The monoisotopic (exact) mass is 728 g/mol. The minimum atomic E-state index is -0.999. The highest BCUT2D eigenvalue weighted by Gasteiger charge is 2.43. The molecule has 3 heteroatoms. The van der Waals surface area contributed by atoms with Gasteiger partial charge in [0.2, 0.25) is 0 Å². The van der Waals surface area contributed by atoms with Crippen LogP contribution in [0.25, 0.3) is 64.6 Å². The van der Waals surface area contributed by atoms with Crippen LogP contribution in [0.4, 0.5) is 34.1 Å². The number of hydrogen-bond donors (Lipinski definition) is 0. The van der Waals surface area contributed by atoms with Crippen molar-refractivity contribution in [2.75, 3.05) is 9.80 Å². The SMILES string of the molecule is [2H]c1c([2H])c([2H])c2c(c1[2H])B1c3c(cccc3N(c3cccc4c5ccccc5c5ccccc5c34)c3c([2H])c([2H])c([2H])c([2H])c31)N2c1cccc2c3ccccc3c3ccccc3c12. The largest absolute Gasteiger partial charge is 0.311 e. The standard InChI is InChI=1S/C54H33BN2/c1-3-18-38-34(16-1)36-20-5-7-22-40(36)52-42(38)24-13-30-48(52)56-46-28-11-9-26-44(46)55-45-27-10-12-29-47(45)57(51-33-15-32-50(56)54(51)55)49-31-14-25-43-39-19-4-2-17-35(39)37-21-6-8-23-41(37)53(43)49/h1-33H/i9D,10D,11D,12D,26D,27D,28D,29D. The molecule has 262 valence electrons. The van der Waals surface area contributed by atoms with E-state index in [-0.39, 0.29) is 46.5 Å². The molecular formula is C54H33BN2. The average molecular weight is 729 g/mol. The molecule has 57 heavy (non-hydrogen) atoms. The van der Waals surface area contributed by atoms with E-state index in [4.69, 9.17) is 5.48 Å². The Kier molecular flexibility index (Phi) is 4.92. The van der Waals surface area contributed by atoms with Gasteiger partial charge in [-0.05, 0) is 107 Å². The third-order valence-electron chi connectivity index (χ3n) is 12.2. The summed E-state index contributed by atoms with van der Waals surface area (Å²) in [6, 6.07) is 48.6. The molecular weight excluding hydrogens is 687 g/mol. The van der Waals surface area contributed by atoms with Crippen molar-refractivity contribution < 1.29 is 11.0 Å². The maximum atomic E-state index is 9.76. The van der Waals surface area contributed by atoms with Crippen LogP contribution in [-0.2, 0) is 0 Å². The summed E-state index contributed by atoms with van der Waals surface area (Å²) in [5.41, 5.74) is 4.38. The van der Waals surface area contributed by atoms with E-state index in [1.807, 2.05) is 101 Å². The molecule has 0 spiro atoms. The van der Waals surface area contributed by atoms with Gasteiger partial charge >= 0.3 is 0 Å². The highest BCUT2D eigenvalue weighted by atomic mass is 15.2. The number of anilines is 6. The summed E-state index contributed by atoms with van der Waals surface area (Å²) >= 11 is 0. The van der Waals surface area contributed by atoms with Crippen LogP contribution in [0.1, 0.15) is 11.0 Å². The molecule has 2 aliphatic heterocycles. The summed E-state index contributed by atoms with van der Waals surface area (Å²) in [4.78, 5) is 3.96. The summed E-state index contributed by atoms with van der Waals surface area (Å²) in [7, 11) is 0. The molecule has 0 bridgehead atoms. The van der Waals surface area contributed by atoms with Gasteiger partial charge in [0.1, 0.15) is 0 Å². The lowest BCUT2D eigenvalue weighted by Crippen LogP contribution is -2.61. The number of rotatable bonds is 2. The Morgan fingerprint density at radius 2 is 0.596 bits per heavy atom. The van der Waals surface area contributed by atoms with Gasteiger partial charge in [-0.1, -0.05) is 164 Å². The van der Waals surface area contributed by atoms with Crippen molar-refractivity contribution in [1.82, 2.24) is 0 Å². The molecule has 2 heterocycles. The maximum Gasteiger partial charge on any atom is 0.252 e. The summed E-state index contributed by atoms with van der Waals surface area (Å²) in [6.07, 6.45) is 0. The molecule has 0 radical (unpaired) electrons. The summed E-state index contributed by atoms with van der Waals surface area (Å²) in [5.74, 6) is 0. The van der Waals surface area contributed by atoms with Crippen LogP contribution in [0.2, 0.25) is 0 Å². The van der Waals surface area contributed by atoms with Gasteiger partial charge in [-0.3, -0.25) is 0 Å². The molecule has 2 aliphatic rings. The number of nitrogens with zero attached hydrogens (tertiary/aromatic N) is 2. The number of fused-ring (bicyclic) bond motifs is 16. The second-order valence-corrected chi connectivity index (χ2v) is 14.9. The molecule has 0 N–H and O–H groups in total. The van der Waals surface area contributed by atoms with E-state index in [0.29, 0.717) is 16.8 Å². The Balaban J connectivity index is 1.22. The molecule has 0 fully saturated rings. The van der Waals surface area contributed by atoms with Gasteiger partial charge in [-0.25, -0.2) is 0 Å². The lowest BCUT2D eigenvalue weighted by molar-refractivity contribution is 1.27. The number of hydrogen-bond acceptors (Lipinski definition) is 2. The molecule has 0 saturated carbocycles. The number of para-hydroxylation sites is 2. The van der Waals surface area contributed by atoms with Crippen LogP contribution in [0.3, 0.4) is 0 Å². The third-order valence-corrected chi connectivity index (χ3v) is 12.2. The van der Waals surface area contributed by atoms with Gasteiger partial charge in [-0.15, -0.1) is 0 Å². The fraction of sp³-hybridized carbons (Fsp3) is 0. The lowest BCUT2D eigenvalue weighted by atomic mass is 9.33. The predicted molar refractivity (Wildman–Crippen MR) is 245 cm³/mol. The molecule has 11 aromatic rings. The van der Waals surface area contributed by atoms with E-state index in [0.717, 1.165) is 76.0 Å². The van der Waals surface area contributed by atoms with Gasteiger partial charge in [0.25, 0.3) is 6.71 Å². The minimum Gasteiger partial charge on any atom is -0.311 e. The topological polar surface area (TPSA) is 6.48 Å². The van der Waals surface area contributed by atoms with Gasteiger partial charge in [0.05, 0.1) is 22.3 Å². The highest BCUT2D eigenvalue weighted by Crippen LogP contribution is 2.50. The zero-order valence-corrected chi connectivity index (χ0v) is 30.4. The Bertz CT molecular complexity index is 3640. The van der Waals surface area contributed by atoms with E-state index in [1.165, 1.54) is 0 Å². The van der Waals surface area contributed by atoms with Crippen LogP contribution in [0, 0.1) is 0 Å². The van der Waals surface area contributed by atoms with E-state index in [2.05, 4.69) is 60.7 Å². The molecule has 13 rings (SSSR count). The Labute approximate surface area is 341 Å². The smallest absolute Gasteiger partial charge is 0.252 e. The third kappa shape index (κ3) is 4.10. The fourth-order valence-corrected chi connectivity index (χ4v) is 10.0. The van der Waals surface area contributed by atoms with Gasteiger partial charge in [0.15, 0.2) is 0 Å². The lowest BCUT2D eigenvalue weighted by Gasteiger charge is -2.44. The Morgan fingerprint density at radius 3 is 1.00 bits per heavy atom. The molecule has 0 atom stereocenters. The molecule has 0 aromatic heterocycles. The van der Waals surface area contributed by atoms with Gasteiger partial charge in [0, 0.05) is 33.5 Å². The maximum absolute atomic E-state index is 9.76.